The van der Waals surface area contributed by atoms with Crippen LogP contribution >= 0.6 is 8.38 Å². The van der Waals surface area contributed by atoms with Gasteiger partial charge in [-0.25, -0.2) is 9.37 Å². The number of nitrogens with two attached hydrogens (primary N) is 1. The normalized spacial score (nSPS) is 12.1. The molecule has 2 aromatic heterocycles. The van der Waals surface area contributed by atoms with Crippen LogP contribution in [0.5, 0.6) is 0 Å². The van der Waals surface area contributed by atoms with E-state index in [9.17, 15) is 14.0 Å². The van der Waals surface area contributed by atoms with E-state index in [1.807, 2.05) is 6.07 Å². The smallest absolute Gasteiger partial charge is 0.280 e. The third-order valence-corrected chi connectivity index (χ3v) is 6.09. The van der Waals surface area contributed by atoms with E-state index in [4.69, 9.17) is 19.5 Å². The Morgan fingerprint density at radius 1 is 1.14 bits per heavy atom. The van der Waals surface area contributed by atoms with Crippen molar-refractivity contribution in [3.05, 3.63) is 88.2 Å². The molecular weight excluding hydrogens is 476 g/mol. The Balaban J connectivity index is 1.34. The number of ether oxygens (including phenoxy) is 1. The first kappa shape index (κ1) is 24.6. The van der Waals surface area contributed by atoms with E-state index in [1.165, 1.54) is 18.5 Å². The molecule has 1 atom stereocenters. The van der Waals surface area contributed by atoms with Crippen LogP contribution in [0.2, 0.25) is 0 Å². The maximum Gasteiger partial charge on any atom is 0.280 e. The Morgan fingerprint density at radius 2 is 1.97 bits per heavy atom. The third-order valence-electron chi connectivity index (χ3n) is 4.87. The van der Waals surface area contributed by atoms with Crippen LogP contribution in [0.3, 0.4) is 0 Å². The van der Waals surface area contributed by atoms with E-state index >= 15 is 0 Å². The van der Waals surface area contributed by atoms with Crippen LogP contribution in [-0.4, -0.2) is 44.9 Å². The number of H-pyrrole nitrogens is 1. The molecule has 0 aliphatic heterocycles. The zero-order chi connectivity index (χ0) is 24.6. The Labute approximate surface area is 200 Å². The summed E-state index contributed by atoms with van der Waals surface area (Å²) >= 11 is 0. The first-order chi connectivity index (χ1) is 17.0. The lowest BCUT2D eigenvalue weighted by Gasteiger charge is -2.17. The minimum Gasteiger partial charge on any atom is -0.370 e. The lowest BCUT2D eigenvalue weighted by atomic mass is 10.1. The number of nitrogens with one attached hydrogen (secondary N) is 1. The number of benzene rings is 2. The summed E-state index contributed by atoms with van der Waals surface area (Å²) in [6, 6.07) is 14.8. The van der Waals surface area contributed by atoms with Gasteiger partial charge in [0.2, 0.25) is 5.95 Å². The van der Waals surface area contributed by atoms with Crippen LogP contribution in [0.1, 0.15) is 15.9 Å². The molecule has 4 aromatic rings. The number of imidazole rings is 1. The number of carbonyl (C=O) groups is 1. The number of Topliss-reactive ketones (excluding diaryl/α,β-unsaturated/α-hetero) is 1. The molecule has 0 saturated carbocycles. The molecule has 0 aliphatic carbocycles. The van der Waals surface area contributed by atoms with E-state index in [1.54, 1.807) is 41.0 Å². The highest BCUT2D eigenvalue weighted by molar-refractivity contribution is 7.47. The fraction of sp³-hybridized carbons (Fsp3) is 0.217. The average Bonchev–Trinajstić information content (AvgIpc) is 3.26. The quantitative estimate of drug-likeness (QED) is 0.172. The maximum atomic E-state index is 13.5. The van der Waals surface area contributed by atoms with Crippen LogP contribution in [-0.2, 0) is 26.9 Å². The van der Waals surface area contributed by atoms with E-state index < -0.39 is 13.9 Å². The summed E-state index contributed by atoms with van der Waals surface area (Å²) in [5.74, 6) is -0.561. The van der Waals surface area contributed by atoms with Crippen molar-refractivity contribution in [2.45, 2.75) is 13.2 Å². The monoisotopic (exact) mass is 499 g/mol. The molecule has 2 heterocycles. The summed E-state index contributed by atoms with van der Waals surface area (Å²) in [5, 5.41) is 0. The number of aromatic nitrogens is 4. The number of rotatable bonds is 12. The Kier molecular flexibility index (Phi) is 8.27. The van der Waals surface area contributed by atoms with Gasteiger partial charge < -0.3 is 24.1 Å². The molecule has 12 heteroatoms. The Hall–Kier alpha value is -3.50. The van der Waals surface area contributed by atoms with E-state index in [0.29, 0.717) is 23.3 Å². The summed E-state index contributed by atoms with van der Waals surface area (Å²) in [7, 11) is -1.61. The number of hydrogen-bond acceptors (Lipinski definition) is 8. The largest absolute Gasteiger partial charge is 0.370 e. The highest BCUT2D eigenvalue weighted by atomic mass is 31.2. The van der Waals surface area contributed by atoms with Gasteiger partial charge in [-0.05, 0) is 17.7 Å². The maximum absolute atomic E-state index is 13.5. The van der Waals surface area contributed by atoms with Crippen molar-refractivity contribution in [1.29, 1.82) is 0 Å². The molecule has 3 N–H and O–H groups in total. The predicted octanol–water partition coefficient (Wildman–Crippen LogP) is 3.24. The fourth-order valence-electron chi connectivity index (χ4n) is 3.16. The topological polar surface area (TPSA) is 134 Å². The zero-order valence-corrected chi connectivity index (χ0v) is 19.5. The predicted molar refractivity (Wildman–Crippen MR) is 128 cm³/mol. The average molecular weight is 499 g/mol. The van der Waals surface area contributed by atoms with Crippen molar-refractivity contribution in [3.63, 3.8) is 0 Å². The number of ketones is 1. The summed E-state index contributed by atoms with van der Waals surface area (Å²) in [5.41, 5.74) is 6.90. The van der Waals surface area contributed by atoms with E-state index in [-0.39, 0.29) is 49.2 Å². The van der Waals surface area contributed by atoms with Crippen molar-refractivity contribution in [3.8, 4) is 0 Å². The van der Waals surface area contributed by atoms with E-state index in [0.717, 1.165) is 0 Å². The molecule has 1 unspecified atom stereocenters. The number of halogens is 1. The number of aromatic amines is 1. The summed E-state index contributed by atoms with van der Waals surface area (Å²) in [6.07, 6.45) is 1.56. The number of nitrogens with zero attached hydrogens (tertiary/aromatic N) is 3. The van der Waals surface area contributed by atoms with Gasteiger partial charge in [-0.15, -0.1) is 0 Å². The van der Waals surface area contributed by atoms with Crippen LogP contribution in [0, 0.1) is 5.82 Å². The van der Waals surface area contributed by atoms with Crippen molar-refractivity contribution >= 4 is 31.3 Å². The van der Waals surface area contributed by atoms with Crippen molar-refractivity contribution in [2.75, 3.05) is 25.3 Å². The lowest BCUT2D eigenvalue weighted by Crippen LogP contribution is -2.13. The first-order valence-electron chi connectivity index (χ1n) is 10.6. The summed E-state index contributed by atoms with van der Waals surface area (Å²) < 4.78 is 32.4. The molecule has 0 saturated heterocycles. The van der Waals surface area contributed by atoms with Crippen LogP contribution in [0.15, 0.2) is 65.7 Å². The molecule has 0 bridgehead atoms. The molecule has 2 aromatic carbocycles. The van der Waals surface area contributed by atoms with Crippen LogP contribution in [0.25, 0.3) is 11.2 Å². The van der Waals surface area contributed by atoms with Gasteiger partial charge in [0.1, 0.15) is 18.8 Å². The Morgan fingerprint density at radius 3 is 2.77 bits per heavy atom. The lowest BCUT2D eigenvalue weighted by molar-refractivity contribution is 0.0896. The van der Waals surface area contributed by atoms with E-state index in [2.05, 4.69) is 15.0 Å². The zero-order valence-electron chi connectivity index (χ0n) is 18.6. The highest BCUT2D eigenvalue weighted by Crippen LogP contribution is 2.39. The van der Waals surface area contributed by atoms with Gasteiger partial charge in [0.15, 0.2) is 25.3 Å². The standard InChI is InChI=1S/C23H23FN5O5P/c24-18-8-4-5-16(11-18)12-33-35(34-13-19(30)17-6-2-1-3-7-17)15-32-10-9-29-14-26-20-21(29)27-23(25)28-22(20)31/h1-8,11,14H,9-10,12-13,15H2,(H3,25,27,28,31). The molecular formula is C23H23FN5O5P. The number of anilines is 1. The van der Waals surface area contributed by atoms with Gasteiger partial charge in [-0.3, -0.25) is 14.6 Å². The van der Waals surface area contributed by atoms with Gasteiger partial charge in [-0.2, -0.15) is 4.98 Å². The van der Waals surface area contributed by atoms with Crippen LogP contribution in [0.4, 0.5) is 10.3 Å². The molecule has 182 valence electrons. The highest BCUT2D eigenvalue weighted by Gasteiger charge is 2.16. The molecule has 0 fully saturated rings. The molecule has 0 aliphatic rings. The third kappa shape index (κ3) is 6.77. The van der Waals surface area contributed by atoms with Crippen molar-refractivity contribution < 1.29 is 23.0 Å². The first-order valence-corrected chi connectivity index (χ1v) is 12.0. The minimum absolute atomic E-state index is 0.00378. The molecule has 4 rings (SSSR count). The van der Waals surface area contributed by atoms with Gasteiger partial charge in [0, 0.05) is 12.1 Å². The molecule has 0 amide bonds. The number of fused-ring (bicyclic) bond motifs is 1. The summed E-state index contributed by atoms with van der Waals surface area (Å²) in [6.45, 7) is 0.505. The SMILES string of the molecule is Nc1nc2c(ncn2CCOCP(OCC(=O)c2ccccc2)OCc2cccc(F)c2)c(=O)[nH]1. The number of carbonyl (C=O) groups excluding carboxylic acids is 1. The van der Waals surface area contributed by atoms with Crippen molar-refractivity contribution in [2.24, 2.45) is 0 Å². The van der Waals surface area contributed by atoms with Gasteiger partial charge in [0.05, 0.1) is 19.5 Å². The second-order valence-electron chi connectivity index (χ2n) is 7.40. The molecule has 35 heavy (non-hydrogen) atoms. The van der Waals surface area contributed by atoms with Crippen molar-refractivity contribution in [1.82, 2.24) is 19.5 Å². The minimum atomic E-state index is -1.61. The van der Waals surface area contributed by atoms with Gasteiger partial charge in [0.25, 0.3) is 5.56 Å². The number of nitrogen functional groups attached to an aromatic ring is 1. The molecule has 10 nitrogen and oxygen atoms in total. The second kappa shape index (κ2) is 11.8. The number of hydrogen-bond donors (Lipinski definition) is 2. The molecule has 0 radical (unpaired) electrons. The van der Waals surface area contributed by atoms with Gasteiger partial charge in [-0.1, -0.05) is 42.5 Å². The van der Waals surface area contributed by atoms with Gasteiger partial charge >= 0.3 is 0 Å². The second-order valence-corrected chi connectivity index (χ2v) is 8.84. The van der Waals surface area contributed by atoms with Crippen LogP contribution < -0.4 is 11.3 Å². The fourth-order valence-corrected chi connectivity index (χ4v) is 4.22. The molecule has 0 spiro atoms. The Bertz CT molecular complexity index is 1350. The summed E-state index contributed by atoms with van der Waals surface area (Å²) in [4.78, 5) is 34.9.